The second-order valence-corrected chi connectivity index (χ2v) is 6.26. The molecule has 3 rings (SSSR count). The molecule has 2 aromatic rings. The summed E-state index contributed by atoms with van der Waals surface area (Å²) in [4.78, 5) is 29.3. The van der Waals surface area contributed by atoms with Crippen molar-refractivity contribution in [2.24, 2.45) is 4.99 Å². The van der Waals surface area contributed by atoms with E-state index in [1.54, 1.807) is 6.92 Å². The van der Waals surface area contributed by atoms with Gasteiger partial charge in [-0.05, 0) is 31.9 Å². The highest BCUT2D eigenvalue weighted by Gasteiger charge is 2.21. The summed E-state index contributed by atoms with van der Waals surface area (Å²) in [5.74, 6) is -0.417. The van der Waals surface area contributed by atoms with Gasteiger partial charge in [0.1, 0.15) is 0 Å². The number of rotatable bonds is 6. The number of hydrogen-bond donors (Lipinski definition) is 1. The summed E-state index contributed by atoms with van der Waals surface area (Å²) in [5.41, 5.74) is 1.97. The first-order chi connectivity index (χ1) is 12.6. The van der Waals surface area contributed by atoms with Crippen molar-refractivity contribution in [2.45, 2.75) is 32.3 Å². The normalized spacial score (nSPS) is 17.5. The third kappa shape index (κ3) is 3.94. The van der Waals surface area contributed by atoms with Crippen molar-refractivity contribution in [3.63, 3.8) is 0 Å². The first-order valence-corrected chi connectivity index (χ1v) is 8.69. The van der Waals surface area contributed by atoms with Crippen LogP contribution in [0, 0.1) is 0 Å². The highest BCUT2D eigenvalue weighted by molar-refractivity contribution is 6.00. The molecule has 0 radical (unpaired) electrons. The molecule has 0 spiro atoms. The summed E-state index contributed by atoms with van der Waals surface area (Å²) in [6.07, 6.45) is 2.10. The lowest BCUT2D eigenvalue weighted by atomic mass is 10.1. The van der Waals surface area contributed by atoms with Crippen LogP contribution in [0.25, 0.3) is 5.69 Å². The molecule has 1 fully saturated rings. The first-order valence-electron chi connectivity index (χ1n) is 8.69. The monoisotopic (exact) mass is 357 g/mol. The number of methoxy groups -OCH3 is 1. The summed E-state index contributed by atoms with van der Waals surface area (Å²) in [6.45, 7) is 3.06. The molecule has 1 saturated heterocycles. The van der Waals surface area contributed by atoms with Gasteiger partial charge in [-0.2, -0.15) is 0 Å². The Morgan fingerprint density at radius 3 is 2.81 bits per heavy atom. The molecule has 0 bridgehead atoms. The molecule has 1 atom stereocenters. The van der Waals surface area contributed by atoms with E-state index in [-0.39, 0.29) is 18.1 Å². The minimum atomic E-state index is -0.417. The van der Waals surface area contributed by atoms with Gasteiger partial charge in [0.2, 0.25) is 0 Å². The third-order valence-electron chi connectivity index (χ3n) is 4.45. The molecule has 2 heterocycles. The number of carbonyl (C=O) groups is 1. The van der Waals surface area contributed by atoms with Gasteiger partial charge in [-0.1, -0.05) is 18.2 Å². The molecule has 1 aliphatic rings. The highest BCUT2D eigenvalue weighted by Crippen LogP contribution is 2.14. The number of esters is 1. The van der Waals surface area contributed by atoms with E-state index in [0.29, 0.717) is 29.2 Å². The van der Waals surface area contributed by atoms with Crippen LogP contribution in [0.15, 0.2) is 40.1 Å². The fourth-order valence-corrected chi connectivity index (χ4v) is 3.07. The van der Waals surface area contributed by atoms with Gasteiger partial charge in [-0.15, -0.1) is 0 Å². The van der Waals surface area contributed by atoms with Gasteiger partial charge >= 0.3 is 5.97 Å². The number of H-pyrrole nitrogens is 1. The van der Waals surface area contributed by atoms with Crippen molar-refractivity contribution in [3.8, 4) is 5.69 Å². The lowest BCUT2D eigenvalue weighted by Crippen LogP contribution is -2.21. The zero-order valence-corrected chi connectivity index (χ0v) is 15.0. The van der Waals surface area contributed by atoms with Gasteiger partial charge in [-0.25, -0.2) is 4.68 Å². The van der Waals surface area contributed by atoms with E-state index in [1.165, 1.54) is 11.8 Å². The van der Waals surface area contributed by atoms with Crippen molar-refractivity contribution in [3.05, 3.63) is 51.9 Å². The summed E-state index contributed by atoms with van der Waals surface area (Å²) in [6, 6.07) is 9.22. The van der Waals surface area contributed by atoms with Crippen molar-refractivity contribution >= 4 is 11.7 Å². The number of nitrogens with one attached hydrogen (secondary N) is 1. The van der Waals surface area contributed by atoms with Crippen LogP contribution in [0.2, 0.25) is 0 Å². The Kier molecular flexibility index (Phi) is 5.68. The average Bonchev–Trinajstić information content (AvgIpc) is 3.28. The number of carbonyl (C=O) groups excluding carboxylic acids is 1. The minimum Gasteiger partial charge on any atom is -0.469 e. The zero-order chi connectivity index (χ0) is 18.5. The molecule has 0 amide bonds. The molecule has 26 heavy (non-hydrogen) atoms. The van der Waals surface area contributed by atoms with Crippen LogP contribution in [-0.4, -0.2) is 47.8 Å². The fourth-order valence-electron chi connectivity index (χ4n) is 3.07. The SMILES string of the molecule is COC(=O)Cc1[nH]n(-c2ccccc2)c(=O)c1C(C)=NC[C@H]1CCCO1. The molecule has 1 aliphatic heterocycles. The van der Waals surface area contributed by atoms with Gasteiger partial charge in [0.25, 0.3) is 5.56 Å². The number of nitrogens with zero attached hydrogens (tertiary/aromatic N) is 2. The largest absolute Gasteiger partial charge is 0.469 e. The van der Waals surface area contributed by atoms with Gasteiger partial charge in [0, 0.05) is 12.3 Å². The smallest absolute Gasteiger partial charge is 0.311 e. The summed E-state index contributed by atoms with van der Waals surface area (Å²) in [7, 11) is 1.33. The Morgan fingerprint density at radius 2 is 2.15 bits per heavy atom. The summed E-state index contributed by atoms with van der Waals surface area (Å²) in [5, 5.41) is 3.03. The van der Waals surface area contributed by atoms with E-state index in [9.17, 15) is 9.59 Å². The lowest BCUT2D eigenvalue weighted by Gasteiger charge is -2.06. The van der Waals surface area contributed by atoms with Crippen molar-refractivity contribution < 1.29 is 14.3 Å². The Balaban J connectivity index is 1.97. The second kappa shape index (κ2) is 8.14. The Hall–Kier alpha value is -2.67. The van der Waals surface area contributed by atoms with Gasteiger partial charge < -0.3 is 9.47 Å². The second-order valence-electron chi connectivity index (χ2n) is 6.26. The quantitative estimate of drug-likeness (QED) is 0.632. The van der Waals surface area contributed by atoms with E-state index in [2.05, 4.69) is 10.1 Å². The van der Waals surface area contributed by atoms with Crippen LogP contribution < -0.4 is 5.56 Å². The molecule has 1 aromatic heterocycles. The highest BCUT2D eigenvalue weighted by atomic mass is 16.5. The Labute approximate surface area is 151 Å². The molecule has 1 aromatic carbocycles. The molecule has 0 unspecified atom stereocenters. The predicted octanol–water partition coefficient (Wildman–Crippen LogP) is 1.87. The number of hydrogen-bond acceptors (Lipinski definition) is 5. The Bertz CT molecular complexity index is 845. The number of aromatic nitrogens is 2. The van der Waals surface area contributed by atoms with Gasteiger partial charge in [0.15, 0.2) is 0 Å². The van der Waals surface area contributed by atoms with Crippen LogP contribution in [-0.2, 0) is 20.7 Å². The van der Waals surface area contributed by atoms with Crippen LogP contribution in [0.4, 0.5) is 0 Å². The molecule has 7 heteroatoms. The van der Waals surface area contributed by atoms with Gasteiger partial charge in [0.05, 0.1) is 43.1 Å². The topological polar surface area (TPSA) is 85.7 Å². The maximum atomic E-state index is 13.0. The summed E-state index contributed by atoms with van der Waals surface area (Å²) < 4.78 is 11.8. The number of benzene rings is 1. The molecule has 0 aliphatic carbocycles. The average molecular weight is 357 g/mol. The van der Waals surface area contributed by atoms with E-state index in [4.69, 9.17) is 9.47 Å². The molecular weight excluding hydrogens is 334 g/mol. The number of aromatic amines is 1. The predicted molar refractivity (Wildman–Crippen MR) is 98.2 cm³/mol. The molecular formula is C19H23N3O4. The van der Waals surface area contributed by atoms with Gasteiger partial charge in [-0.3, -0.25) is 19.7 Å². The number of aliphatic imine (C=N–C) groups is 1. The number of para-hydroxylation sites is 1. The maximum Gasteiger partial charge on any atom is 0.311 e. The fraction of sp³-hybridized carbons (Fsp3) is 0.421. The summed E-state index contributed by atoms with van der Waals surface area (Å²) >= 11 is 0. The van der Waals surface area contributed by atoms with E-state index in [1.807, 2.05) is 30.3 Å². The van der Waals surface area contributed by atoms with Crippen molar-refractivity contribution in [2.75, 3.05) is 20.3 Å². The molecule has 1 N–H and O–H groups in total. The van der Waals surface area contributed by atoms with Crippen LogP contribution in [0.3, 0.4) is 0 Å². The minimum absolute atomic E-state index is 0.0201. The van der Waals surface area contributed by atoms with E-state index < -0.39 is 5.97 Å². The first kappa shape index (κ1) is 18.1. The Morgan fingerprint density at radius 1 is 1.38 bits per heavy atom. The van der Waals surface area contributed by atoms with E-state index >= 15 is 0 Å². The van der Waals surface area contributed by atoms with Crippen LogP contribution >= 0.6 is 0 Å². The lowest BCUT2D eigenvalue weighted by molar-refractivity contribution is -0.139. The van der Waals surface area contributed by atoms with Crippen molar-refractivity contribution in [1.29, 1.82) is 0 Å². The van der Waals surface area contributed by atoms with Crippen LogP contribution in [0.1, 0.15) is 31.0 Å². The standard InChI is InChI=1S/C19H23N3O4/c1-13(20-12-15-9-6-10-26-15)18-16(11-17(23)25-2)21-22(19(18)24)14-7-4-3-5-8-14/h3-5,7-8,15,21H,6,9-12H2,1-2H3/t15-/m1/s1. The molecule has 0 saturated carbocycles. The third-order valence-corrected chi connectivity index (χ3v) is 4.45. The van der Waals surface area contributed by atoms with Crippen LogP contribution in [0.5, 0.6) is 0 Å². The zero-order valence-electron chi connectivity index (χ0n) is 15.0. The number of ether oxygens (including phenoxy) is 2. The maximum absolute atomic E-state index is 13.0. The molecule has 138 valence electrons. The van der Waals surface area contributed by atoms with Crippen molar-refractivity contribution in [1.82, 2.24) is 9.78 Å². The molecule has 7 nitrogen and oxygen atoms in total. The van der Waals surface area contributed by atoms with E-state index in [0.717, 1.165) is 19.4 Å².